The summed E-state index contributed by atoms with van der Waals surface area (Å²) in [6.07, 6.45) is 3.42. The van der Waals surface area contributed by atoms with Crippen LogP contribution in [0.15, 0.2) is 42.5 Å². The third-order valence-electron chi connectivity index (χ3n) is 5.05. The number of piperidine rings is 1. The summed E-state index contributed by atoms with van der Waals surface area (Å²) < 4.78 is 8.09. The van der Waals surface area contributed by atoms with Crippen LogP contribution < -0.4 is 4.74 Å². The lowest BCUT2D eigenvalue weighted by molar-refractivity contribution is -0.132. The summed E-state index contributed by atoms with van der Waals surface area (Å²) >= 11 is 0. The summed E-state index contributed by atoms with van der Waals surface area (Å²) in [4.78, 5) is 14.4. The predicted octanol–water partition coefficient (Wildman–Crippen LogP) is 4.13. The number of nitrogens with zero attached hydrogens (tertiary/aromatic N) is 2. The quantitative estimate of drug-likeness (QED) is 0.741. The van der Waals surface area contributed by atoms with Gasteiger partial charge >= 0.3 is 0 Å². The first-order valence-electron chi connectivity index (χ1n) is 9.25. The lowest BCUT2D eigenvalue weighted by atomic mass is 10.0. The molecular weight excluding hydrogens is 312 g/mol. The van der Waals surface area contributed by atoms with Gasteiger partial charge in [0.25, 0.3) is 0 Å². The molecule has 25 heavy (non-hydrogen) atoms. The van der Waals surface area contributed by atoms with Gasteiger partial charge in [-0.1, -0.05) is 18.2 Å². The van der Waals surface area contributed by atoms with E-state index in [-0.39, 0.29) is 5.91 Å². The van der Waals surface area contributed by atoms with Crippen molar-refractivity contribution >= 4 is 5.91 Å². The smallest absolute Gasteiger partial charge is 0.222 e. The average molecular weight is 340 g/mol. The van der Waals surface area contributed by atoms with Crippen LogP contribution in [-0.4, -0.2) is 35.1 Å². The second-order valence-electron chi connectivity index (χ2n) is 6.86. The van der Waals surface area contributed by atoms with Gasteiger partial charge in [0, 0.05) is 36.9 Å². The van der Waals surface area contributed by atoms with Crippen molar-refractivity contribution in [3.05, 3.63) is 53.9 Å². The highest BCUT2D eigenvalue weighted by molar-refractivity contribution is 5.76. The average Bonchev–Trinajstić information content (AvgIpc) is 2.98. The van der Waals surface area contributed by atoms with Crippen LogP contribution in [0.3, 0.4) is 0 Å². The van der Waals surface area contributed by atoms with E-state index in [0.717, 1.165) is 38.1 Å². The van der Waals surface area contributed by atoms with Crippen LogP contribution in [0.25, 0.3) is 0 Å². The molecule has 2 heterocycles. The summed E-state index contributed by atoms with van der Waals surface area (Å²) in [5.74, 6) is 1.13. The van der Waals surface area contributed by atoms with Crippen LogP contribution in [-0.2, 0) is 4.79 Å². The second-order valence-corrected chi connectivity index (χ2v) is 6.86. The maximum Gasteiger partial charge on any atom is 0.222 e. The highest BCUT2D eigenvalue weighted by Gasteiger charge is 2.24. The van der Waals surface area contributed by atoms with Crippen LogP contribution >= 0.6 is 0 Å². The fourth-order valence-corrected chi connectivity index (χ4v) is 3.72. The number of hydrogen-bond donors (Lipinski definition) is 0. The number of hydrogen-bond acceptors (Lipinski definition) is 2. The largest absolute Gasteiger partial charge is 0.494 e. The summed E-state index contributed by atoms with van der Waals surface area (Å²) in [7, 11) is 0. The Bertz CT molecular complexity index is 666. The molecular formula is C21H28N2O2. The number of aryl methyl sites for hydroxylation is 2. The molecule has 0 bridgehead atoms. The van der Waals surface area contributed by atoms with E-state index in [0.29, 0.717) is 19.1 Å². The summed E-state index contributed by atoms with van der Waals surface area (Å²) in [5, 5.41) is 0. The highest BCUT2D eigenvalue weighted by Crippen LogP contribution is 2.26. The van der Waals surface area contributed by atoms with Crippen molar-refractivity contribution in [2.45, 2.75) is 45.6 Å². The van der Waals surface area contributed by atoms with E-state index >= 15 is 0 Å². The van der Waals surface area contributed by atoms with Gasteiger partial charge in [0.15, 0.2) is 0 Å². The number of amides is 1. The molecule has 1 aromatic heterocycles. The molecule has 1 saturated heterocycles. The molecule has 1 fully saturated rings. The summed E-state index contributed by atoms with van der Waals surface area (Å²) in [6, 6.07) is 14.7. The fraction of sp³-hybridized carbons (Fsp3) is 0.476. The lowest BCUT2D eigenvalue weighted by Gasteiger charge is -2.34. The molecule has 0 saturated carbocycles. The number of benzene rings is 1. The van der Waals surface area contributed by atoms with Gasteiger partial charge < -0.3 is 14.2 Å². The first kappa shape index (κ1) is 17.6. The van der Waals surface area contributed by atoms with Gasteiger partial charge in [-0.2, -0.15) is 0 Å². The molecule has 3 rings (SSSR count). The molecule has 0 aliphatic carbocycles. The van der Waals surface area contributed by atoms with Crippen molar-refractivity contribution in [1.29, 1.82) is 0 Å². The lowest BCUT2D eigenvalue weighted by Crippen LogP contribution is -2.39. The van der Waals surface area contributed by atoms with Gasteiger partial charge in [-0.05, 0) is 57.4 Å². The van der Waals surface area contributed by atoms with Crippen LogP contribution in [0.5, 0.6) is 5.75 Å². The zero-order chi connectivity index (χ0) is 17.6. The van der Waals surface area contributed by atoms with E-state index in [1.807, 2.05) is 35.2 Å². The minimum Gasteiger partial charge on any atom is -0.494 e. The molecule has 1 aliphatic heterocycles. The van der Waals surface area contributed by atoms with Gasteiger partial charge in [0.2, 0.25) is 5.91 Å². The Morgan fingerprint density at radius 3 is 2.32 bits per heavy atom. The molecule has 1 amide bonds. The molecule has 0 radical (unpaired) electrons. The van der Waals surface area contributed by atoms with Crippen molar-refractivity contribution < 1.29 is 9.53 Å². The second kappa shape index (κ2) is 8.24. The number of para-hydroxylation sites is 1. The van der Waals surface area contributed by atoms with Gasteiger partial charge in [-0.25, -0.2) is 0 Å². The van der Waals surface area contributed by atoms with E-state index in [4.69, 9.17) is 4.74 Å². The normalized spacial score (nSPS) is 15.4. The number of likely N-dealkylation sites (tertiary alicyclic amines) is 1. The van der Waals surface area contributed by atoms with Gasteiger partial charge in [-0.15, -0.1) is 0 Å². The predicted molar refractivity (Wildman–Crippen MR) is 99.9 cm³/mol. The van der Waals surface area contributed by atoms with Crippen molar-refractivity contribution in [1.82, 2.24) is 9.47 Å². The number of carbonyl (C=O) groups is 1. The monoisotopic (exact) mass is 340 g/mol. The Morgan fingerprint density at radius 2 is 1.68 bits per heavy atom. The Labute approximate surface area is 150 Å². The van der Waals surface area contributed by atoms with Crippen LogP contribution in [0.1, 0.15) is 43.1 Å². The van der Waals surface area contributed by atoms with Crippen molar-refractivity contribution in [2.24, 2.45) is 0 Å². The molecule has 134 valence electrons. The third kappa shape index (κ3) is 4.44. The first-order valence-corrected chi connectivity index (χ1v) is 9.25. The van der Waals surface area contributed by atoms with E-state index in [1.165, 1.54) is 11.4 Å². The molecule has 2 aromatic rings. The SMILES string of the molecule is Cc1ccc(C)n1C1CCN(C(=O)CCCOc2ccccc2)CC1. The molecule has 4 nitrogen and oxygen atoms in total. The van der Waals surface area contributed by atoms with E-state index in [9.17, 15) is 4.79 Å². The van der Waals surface area contributed by atoms with Crippen LogP contribution in [0.2, 0.25) is 0 Å². The van der Waals surface area contributed by atoms with Gasteiger partial charge in [0.1, 0.15) is 5.75 Å². The molecule has 0 spiro atoms. The standard InChI is InChI=1S/C21H28N2O2/c1-17-10-11-18(2)23(17)19-12-14-22(15-13-19)21(24)9-6-16-25-20-7-4-3-5-8-20/h3-5,7-8,10-11,19H,6,9,12-16H2,1-2H3. The minimum atomic E-state index is 0.260. The summed E-state index contributed by atoms with van der Waals surface area (Å²) in [6.45, 7) is 6.64. The van der Waals surface area contributed by atoms with E-state index < -0.39 is 0 Å². The van der Waals surface area contributed by atoms with Crippen LogP contribution in [0.4, 0.5) is 0 Å². The highest BCUT2D eigenvalue weighted by atomic mass is 16.5. The Hall–Kier alpha value is -2.23. The zero-order valence-electron chi connectivity index (χ0n) is 15.3. The van der Waals surface area contributed by atoms with E-state index in [2.05, 4.69) is 30.5 Å². The number of ether oxygens (including phenoxy) is 1. The molecule has 4 heteroatoms. The van der Waals surface area contributed by atoms with Gasteiger partial charge in [0.05, 0.1) is 6.61 Å². The van der Waals surface area contributed by atoms with Gasteiger partial charge in [-0.3, -0.25) is 4.79 Å². The number of rotatable bonds is 6. The maximum absolute atomic E-state index is 12.4. The van der Waals surface area contributed by atoms with Crippen molar-refractivity contribution in [2.75, 3.05) is 19.7 Å². The first-order chi connectivity index (χ1) is 12.1. The minimum absolute atomic E-state index is 0.260. The topological polar surface area (TPSA) is 34.5 Å². The molecule has 0 unspecified atom stereocenters. The molecule has 0 atom stereocenters. The molecule has 0 N–H and O–H groups in total. The fourth-order valence-electron chi connectivity index (χ4n) is 3.72. The van der Waals surface area contributed by atoms with Crippen molar-refractivity contribution in [3.8, 4) is 5.75 Å². The number of carbonyl (C=O) groups excluding carboxylic acids is 1. The van der Waals surface area contributed by atoms with E-state index in [1.54, 1.807) is 0 Å². The Kier molecular flexibility index (Phi) is 5.79. The maximum atomic E-state index is 12.4. The van der Waals surface area contributed by atoms with Crippen LogP contribution in [0, 0.1) is 13.8 Å². The Balaban J connectivity index is 1.40. The van der Waals surface area contributed by atoms with Crippen molar-refractivity contribution in [3.63, 3.8) is 0 Å². The molecule has 1 aromatic carbocycles. The molecule has 1 aliphatic rings. The summed E-state index contributed by atoms with van der Waals surface area (Å²) in [5.41, 5.74) is 2.64. The Morgan fingerprint density at radius 1 is 1.04 bits per heavy atom. The number of aromatic nitrogens is 1. The zero-order valence-corrected chi connectivity index (χ0v) is 15.3. The third-order valence-corrected chi connectivity index (χ3v) is 5.05.